The molecule has 72 valence electrons. The summed E-state index contributed by atoms with van der Waals surface area (Å²) < 4.78 is 0. The van der Waals surface area contributed by atoms with Crippen molar-refractivity contribution in [1.29, 1.82) is 0 Å². The third kappa shape index (κ3) is 51700. The maximum Gasteiger partial charge on any atom is 2.00 e. The molecule has 0 aliphatic carbocycles. The van der Waals surface area contributed by atoms with Crippen LogP contribution in [-0.2, 0) is 27.7 Å². The quantitative estimate of drug-likeness (QED) is 0.212. The summed E-state index contributed by atoms with van der Waals surface area (Å²) in [4.78, 5) is 24.8. The van der Waals surface area contributed by atoms with Gasteiger partial charge in [-0.2, -0.15) is 0 Å². The van der Waals surface area contributed by atoms with Gasteiger partial charge in [-0.05, 0) is 0 Å². The maximum absolute atomic E-state index is 8.25. The van der Waals surface area contributed by atoms with E-state index in [0.29, 0.717) is 0 Å². The Balaban J connectivity index is -0.0000000270. The summed E-state index contributed by atoms with van der Waals surface area (Å²) in [6, 6.07) is 0. The third-order valence-corrected chi connectivity index (χ3v) is 0. The van der Waals surface area contributed by atoms with E-state index < -0.39 is 15.3 Å². The van der Waals surface area contributed by atoms with Gasteiger partial charge in [0.25, 0.3) is 0 Å². The molecule has 0 fully saturated rings. The minimum Gasteiger partial charge on any atom is -0.356 e. The molecule has 0 amide bonds. The molecule has 0 saturated heterocycles. The van der Waals surface area contributed by atoms with E-state index in [1.54, 1.807) is 0 Å². The molecule has 0 heterocycles. The second-order valence-electron chi connectivity index (χ2n) is 0.671. The van der Waals surface area contributed by atoms with E-state index >= 15 is 0 Å². The van der Waals surface area contributed by atoms with Crippen LogP contribution in [0.15, 0.2) is 0 Å². The first-order valence-corrected chi connectivity index (χ1v) is 1.64. The summed E-state index contributed by atoms with van der Waals surface area (Å²) in [7, 11) is 0. The molecule has 0 bridgehead atoms. The Morgan fingerprint density at radius 1 is 0.571 bits per heavy atom. The SMILES string of the molecule is O=[N+]([O-])[O-].O=[N+]([O-])[O-].O=[N+]([O-])[O-].[Hg+2].[K+]. The Morgan fingerprint density at radius 2 is 0.571 bits per heavy atom. The molecule has 14 heavy (non-hydrogen) atoms. The largest absolute Gasteiger partial charge is 2.00 e. The van der Waals surface area contributed by atoms with Gasteiger partial charge in [-0.15, -0.1) is 0 Å². The molecule has 0 unspecified atom stereocenters. The molecule has 0 radical (unpaired) electrons. The summed E-state index contributed by atoms with van der Waals surface area (Å²) in [6.45, 7) is 0. The van der Waals surface area contributed by atoms with Crippen LogP contribution in [0.4, 0.5) is 0 Å². The Hall–Kier alpha value is 0.171. The number of hydrogen-bond donors (Lipinski definition) is 0. The van der Waals surface area contributed by atoms with E-state index in [9.17, 15) is 0 Å². The Bertz CT molecular complexity index is 118. The number of nitrogens with zero attached hydrogens (tertiary/aromatic N) is 3. The molecule has 12 nitrogen and oxygen atoms in total. The average molecular weight is 426 g/mol. The Labute approximate surface area is 138 Å². The molecule has 0 aromatic rings. The van der Waals surface area contributed by atoms with Crippen molar-refractivity contribution in [2.45, 2.75) is 0 Å². The van der Waals surface area contributed by atoms with E-state index in [1.165, 1.54) is 0 Å². The van der Waals surface area contributed by atoms with Crippen molar-refractivity contribution >= 4 is 0 Å². The smallest absolute Gasteiger partial charge is 0.356 e. The zero-order chi connectivity index (χ0) is 10.7. The summed E-state index contributed by atoms with van der Waals surface area (Å²) in [5.41, 5.74) is 0. The minimum atomic E-state index is -1.75. The van der Waals surface area contributed by atoms with Crippen molar-refractivity contribution in [3.63, 3.8) is 0 Å². The van der Waals surface area contributed by atoms with Gasteiger partial charge in [0, 0.05) is 0 Å². The molecular formula is HgKN3O9. The fourth-order valence-electron chi connectivity index (χ4n) is 0. The average Bonchev–Trinajstić information content (AvgIpc) is 1.54. The summed E-state index contributed by atoms with van der Waals surface area (Å²) in [5, 5.41) is 44.2. The van der Waals surface area contributed by atoms with E-state index in [1.807, 2.05) is 0 Å². The first-order chi connectivity index (χ1) is 5.20. The standard InChI is InChI=1S/Hg.K.3NO3/c;;3*2-1(3)4/q+2;+1;3*-1. The predicted molar refractivity (Wildman–Crippen MR) is 31.1 cm³/mol. The van der Waals surface area contributed by atoms with Gasteiger partial charge >= 0.3 is 79.1 Å². The van der Waals surface area contributed by atoms with Gasteiger partial charge < -0.3 is 46.0 Å². The minimum absolute atomic E-state index is 0. The van der Waals surface area contributed by atoms with Gasteiger partial charge in [0.15, 0.2) is 0 Å². The fourth-order valence-corrected chi connectivity index (χ4v) is 0. The van der Waals surface area contributed by atoms with Crippen LogP contribution in [0.1, 0.15) is 0 Å². The first kappa shape index (κ1) is 29.2. The van der Waals surface area contributed by atoms with Gasteiger partial charge in [0.05, 0.1) is 15.3 Å². The molecule has 0 aromatic carbocycles. The molecule has 0 aliphatic rings. The zero-order valence-corrected chi connectivity index (χ0v) is 15.3. The van der Waals surface area contributed by atoms with Crippen molar-refractivity contribution in [3.8, 4) is 0 Å². The van der Waals surface area contributed by atoms with Crippen molar-refractivity contribution in [2.24, 2.45) is 0 Å². The van der Waals surface area contributed by atoms with Crippen LogP contribution in [0.25, 0.3) is 0 Å². The molecule has 0 aromatic heterocycles. The molecule has 0 atom stereocenters. The fraction of sp³-hybridized carbons (Fsp3) is 0. The summed E-state index contributed by atoms with van der Waals surface area (Å²) in [6.07, 6.45) is 0. The van der Waals surface area contributed by atoms with Crippen molar-refractivity contribution in [2.75, 3.05) is 0 Å². The third-order valence-electron chi connectivity index (χ3n) is 0. The van der Waals surface area contributed by atoms with Crippen LogP contribution in [0.5, 0.6) is 0 Å². The van der Waals surface area contributed by atoms with E-state index in [-0.39, 0.29) is 79.1 Å². The summed E-state index contributed by atoms with van der Waals surface area (Å²) in [5.74, 6) is 0. The molecule has 0 rings (SSSR count). The molecular weight excluding hydrogens is 426 g/mol. The van der Waals surface area contributed by atoms with Crippen LogP contribution >= 0.6 is 0 Å². The van der Waals surface area contributed by atoms with E-state index in [2.05, 4.69) is 0 Å². The number of hydrogen-bond acceptors (Lipinski definition) is 9. The van der Waals surface area contributed by atoms with Crippen LogP contribution < -0.4 is 51.4 Å². The normalized spacial score (nSPS) is 5.14. The number of rotatable bonds is 0. The molecule has 0 N–H and O–H groups in total. The second kappa shape index (κ2) is 23.2. The zero-order valence-electron chi connectivity index (χ0n) is 6.72. The van der Waals surface area contributed by atoms with Crippen molar-refractivity contribution < 1.29 is 94.3 Å². The van der Waals surface area contributed by atoms with Gasteiger partial charge in [-0.25, -0.2) is 0 Å². The van der Waals surface area contributed by atoms with E-state index in [4.69, 9.17) is 46.0 Å². The molecule has 0 saturated carbocycles. The van der Waals surface area contributed by atoms with Gasteiger partial charge in [0.2, 0.25) is 0 Å². The monoisotopic (exact) mass is 427 g/mol. The summed E-state index contributed by atoms with van der Waals surface area (Å²) >= 11 is 0. The first-order valence-electron chi connectivity index (χ1n) is 1.64. The van der Waals surface area contributed by atoms with Crippen molar-refractivity contribution in [3.05, 3.63) is 46.0 Å². The maximum atomic E-state index is 8.25. The Kier molecular flexibility index (Phi) is 48.4. The molecule has 0 aliphatic heterocycles. The van der Waals surface area contributed by atoms with Crippen LogP contribution in [0.3, 0.4) is 0 Å². The predicted octanol–water partition coefficient (Wildman–Crippen LogP) is -3.72. The topological polar surface area (TPSA) is 199 Å². The van der Waals surface area contributed by atoms with Crippen LogP contribution in [0, 0.1) is 46.0 Å². The van der Waals surface area contributed by atoms with Gasteiger partial charge in [-0.3, -0.25) is 0 Å². The molecule has 0 spiro atoms. The van der Waals surface area contributed by atoms with Crippen LogP contribution in [-0.4, -0.2) is 15.3 Å². The van der Waals surface area contributed by atoms with Crippen LogP contribution in [0.2, 0.25) is 0 Å². The van der Waals surface area contributed by atoms with Gasteiger partial charge in [-0.1, -0.05) is 0 Å². The molecule has 14 heteroatoms. The second-order valence-corrected chi connectivity index (χ2v) is 0.671. The Morgan fingerprint density at radius 3 is 0.571 bits per heavy atom. The van der Waals surface area contributed by atoms with E-state index in [0.717, 1.165) is 0 Å². The van der Waals surface area contributed by atoms with Crippen molar-refractivity contribution in [1.82, 2.24) is 0 Å². The van der Waals surface area contributed by atoms with Gasteiger partial charge in [0.1, 0.15) is 0 Å².